The predicted molar refractivity (Wildman–Crippen MR) is 118 cm³/mol. The van der Waals surface area contributed by atoms with Crippen molar-refractivity contribution >= 4 is 5.71 Å². The summed E-state index contributed by atoms with van der Waals surface area (Å²) in [5.74, 6) is 0.759. The largest absolute Gasteiger partial charge is 0.490 e. The van der Waals surface area contributed by atoms with Crippen molar-refractivity contribution in [3.63, 3.8) is 0 Å². The first-order valence-electron chi connectivity index (χ1n) is 10.7. The summed E-state index contributed by atoms with van der Waals surface area (Å²) >= 11 is 0. The van der Waals surface area contributed by atoms with Crippen molar-refractivity contribution < 1.29 is 9.94 Å². The molecule has 152 valence electrons. The predicted octanol–water partition coefficient (Wildman–Crippen LogP) is 6.99. The van der Waals surface area contributed by atoms with Gasteiger partial charge in [0, 0.05) is 11.1 Å². The number of ether oxygens (including phenoxy) is 1. The van der Waals surface area contributed by atoms with Crippen molar-refractivity contribution in [1.29, 1.82) is 0 Å². The normalized spacial score (nSPS) is 11.8. The maximum Gasteiger partial charge on any atom is 0.129 e. The van der Waals surface area contributed by atoms with Crippen LogP contribution in [-0.4, -0.2) is 17.0 Å². The van der Waals surface area contributed by atoms with Gasteiger partial charge in [-0.2, -0.15) is 0 Å². The summed E-state index contributed by atoms with van der Waals surface area (Å²) < 4.78 is 5.99. The van der Waals surface area contributed by atoms with Gasteiger partial charge in [-0.25, -0.2) is 0 Å². The number of aryl methyl sites for hydroxylation is 1. The Morgan fingerprint density at radius 1 is 0.929 bits per heavy atom. The fraction of sp³-hybridized carbons (Fsp3) is 0.480. The highest BCUT2D eigenvalue weighted by atomic mass is 16.5. The standard InChI is InChI=1S/C25H35NO2/c1-4-5-6-7-8-9-11-14-21-17-18-24(28-20(2)3)23(19-21)25(26-27)22-15-12-10-13-16-22/h10,12-13,15-20,27H,4-9,11,14H2,1-3H3. The fourth-order valence-corrected chi connectivity index (χ4v) is 3.42. The molecule has 0 unspecified atom stereocenters. The molecule has 2 aromatic rings. The number of rotatable bonds is 12. The first kappa shape index (κ1) is 22.0. The number of oxime groups is 1. The second-order valence-electron chi connectivity index (χ2n) is 7.68. The topological polar surface area (TPSA) is 41.8 Å². The quantitative estimate of drug-likeness (QED) is 0.186. The van der Waals surface area contributed by atoms with E-state index in [9.17, 15) is 5.21 Å². The second kappa shape index (κ2) is 12.2. The monoisotopic (exact) mass is 381 g/mol. The lowest BCUT2D eigenvalue weighted by molar-refractivity contribution is 0.241. The van der Waals surface area contributed by atoms with E-state index in [2.05, 4.69) is 24.2 Å². The number of hydrogen-bond donors (Lipinski definition) is 1. The van der Waals surface area contributed by atoms with E-state index in [4.69, 9.17) is 4.74 Å². The Balaban J connectivity index is 2.11. The van der Waals surface area contributed by atoms with Gasteiger partial charge in [0.05, 0.1) is 6.10 Å². The van der Waals surface area contributed by atoms with E-state index in [-0.39, 0.29) is 6.10 Å². The highest BCUT2D eigenvalue weighted by Crippen LogP contribution is 2.26. The van der Waals surface area contributed by atoms with E-state index < -0.39 is 0 Å². The van der Waals surface area contributed by atoms with Gasteiger partial charge in [-0.15, -0.1) is 0 Å². The van der Waals surface area contributed by atoms with Crippen molar-refractivity contribution in [3.05, 3.63) is 65.2 Å². The molecule has 0 aliphatic carbocycles. The summed E-state index contributed by atoms with van der Waals surface area (Å²) in [6.07, 6.45) is 10.2. The summed E-state index contributed by atoms with van der Waals surface area (Å²) in [4.78, 5) is 0. The van der Waals surface area contributed by atoms with Crippen LogP contribution in [0.25, 0.3) is 0 Å². The van der Waals surface area contributed by atoms with Crippen LogP contribution in [0.5, 0.6) is 5.75 Å². The van der Waals surface area contributed by atoms with E-state index in [0.29, 0.717) is 5.71 Å². The second-order valence-corrected chi connectivity index (χ2v) is 7.68. The third-order valence-corrected chi connectivity index (χ3v) is 4.88. The zero-order valence-electron chi connectivity index (χ0n) is 17.7. The number of nitrogens with zero attached hydrogens (tertiary/aromatic N) is 1. The molecule has 3 nitrogen and oxygen atoms in total. The minimum atomic E-state index is 0.0587. The van der Waals surface area contributed by atoms with E-state index >= 15 is 0 Å². The molecule has 0 aliphatic heterocycles. The lowest BCUT2D eigenvalue weighted by Crippen LogP contribution is -2.12. The van der Waals surface area contributed by atoms with Gasteiger partial charge < -0.3 is 9.94 Å². The summed E-state index contributed by atoms with van der Waals surface area (Å²) in [6, 6.07) is 16.0. The van der Waals surface area contributed by atoms with E-state index in [1.54, 1.807) is 0 Å². The van der Waals surface area contributed by atoms with Gasteiger partial charge in [-0.05, 0) is 44.4 Å². The van der Waals surface area contributed by atoms with Crippen molar-refractivity contribution in [3.8, 4) is 5.75 Å². The van der Waals surface area contributed by atoms with Crippen LogP contribution in [0.3, 0.4) is 0 Å². The Labute approximate surface area is 170 Å². The molecule has 0 saturated heterocycles. The van der Waals surface area contributed by atoms with Crippen molar-refractivity contribution in [2.75, 3.05) is 0 Å². The Kier molecular flexibility index (Phi) is 9.61. The van der Waals surface area contributed by atoms with Gasteiger partial charge >= 0.3 is 0 Å². The minimum absolute atomic E-state index is 0.0587. The van der Waals surface area contributed by atoms with Crippen molar-refractivity contribution in [1.82, 2.24) is 0 Å². The van der Waals surface area contributed by atoms with Crippen molar-refractivity contribution in [2.45, 2.75) is 78.2 Å². The molecule has 3 heteroatoms. The van der Waals surface area contributed by atoms with E-state index in [1.165, 1.54) is 50.5 Å². The van der Waals surface area contributed by atoms with Gasteiger partial charge in [-0.1, -0.05) is 87.0 Å². The van der Waals surface area contributed by atoms with Crippen LogP contribution in [0.15, 0.2) is 53.7 Å². The maximum atomic E-state index is 9.73. The van der Waals surface area contributed by atoms with Crippen LogP contribution < -0.4 is 4.74 Å². The van der Waals surface area contributed by atoms with Crippen LogP contribution in [0.2, 0.25) is 0 Å². The molecule has 0 bridgehead atoms. The Morgan fingerprint density at radius 3 is 2.25 bits per heavy atom. The number of hydrogen-bond acceptors (Lipinski definition) is 3. The molecule has 0 amide bonds. The molecule has 28 heavy (non-hydrogen) atoms. The van der Waals surface area contributed by atoms with Gasteiger partial charge in [0.2, 0.25) is 0 Å². The van der Waals surface area contributed by atoms with Crippen LogP contribution in [-0.2, 0) is 6.42 Å². The van der Waals surface area contributed by atoms with Gasteiger partial charge in [0.15, 0.2) is 0 Å². The highest BCUT2D eigenvalue weighted by molar-refractivity contribution is 6.14. The molecule has 0 radical (unpaired) electrons. The smallest absolute Gasteiger partial charge is 0.129 e. The third-order valence-electron chi connectivity index (χ3n) is 4.88. The molecule has 2 aromatic carbocycles. The molecule has 0 aliphatic rings. The Hall–Kier alpha value is -2.29. The highest BCUT2D eigenvalue weighted by Gasteiger charge is 2.15. The molecular weight excluding hydrogens is 346 g/mol. The van der Waals surface area contributed by atoms with Crippen LogP contribution in [0.1, 0.15) is 82.4 Å². The van der Waals surface area contributed by atoms with Crippen LogP contribution >= 0.6 is 0 Å². The average molecular weight is 382 g/mol. The summed E-state index contributed by atoms with van der Waals surface area (Å²) in [6.45, 7) is 6.27. The molecule has 0 heterocycles. The van der Waals surface area contributed by atoms with E-state index in [1.807, 2.05) is 50.2 Å². The van der Waals surface area contributed by atoms with Gasteiger partial charge in [0.1, 0.15) is 11.5 Å². The van der Waals surface area contributed by atoms with Gasteiger partial charge in [-0.3, -0.25) is 0 Å². The SMILES string of the molecule is CCCCCCCCCc1ccc(OC(C)C)c(C(=NO)c2ccccc2)c1. The molecule has 0 saturated carbocycles. The van der Waals surface area contributed by atoms with Gasteiger partial charge in [0.25, 0.3) is 0 Å². The van der Waals surface area contributed by atoms with Crippen LogP contribution in [0.4, 0.5) is 0 Å². The summed E-state index contributed by atoms with van der Waals surface area (Å²) in [7, 11) is 0. The van der Waals surface area contributed by atoms with E-state index in [0.717, 1.165) is 23.3 Å². The zero-order valence-corrected chi connectivity index (χ0v) is 17.7. The van der Waals surface area contributed by atoms with Crippen molar-refractivity contribution in [2.24, 2.45) is 5.16 Å². The molecule has 0 fully saturated rings. The maximum absolute atomic E-state index is 9.73. The molecular formula is C25H35NO2. The number of unbranched alkanes of at least 4 members (excludes halogenated alkanes) is 6. The molecule has 0 aromatic heterocycles. The molecule has 0 spiro atoms. The Morgan fingerprint density at radius 2 is 1.61 bits per heavy atom. The lowest BCUT2D eigenvalue weighted by atomic mass is 9.97. The zero-order chi connectivity index (χ0) is 20.2. The number of benzene rings is 2. The van der Waals surface area contributed by atoms with Crippen LogP contribution in [0, 0.1) is 0 Å². The Bertz CT molecular complexity index is 723. The third kappa shape index (κ3) is 7.03. The summed E-state index contributed by atoms with van der Waals surface area (Å²) in [5.41, 5.74) is 3.55. The minimum Gasteiger partial charge on any atom is -0.490 e. The molecule has 2 rings (SSSR count). The molecule has 1 N–H and O–H groups in total. The summed E-state index contributed by atoms with van der Waals surface area (Å²) in [5, 5.41) is 13.3. The average Bonchev–Trinajstić information content (AvgIpc) is 2.70. The molecule has 0 atom stereocenters. The fourth-order valence-electron chi connectivity index (χ4n) is 3.42. The first-order chi connectivity index (χ1) is 13.7. The first-order valence-corrected chi connectivity index (χ1v) is 10.7. The lowest BCUT2D eigenvalue weighted by Gasteiger charge is -2.16.